The fourth-order valence-electron chi connectivity index (χ4n) is 3.10. The van der Waals surface area contributed by atoms with Crippen molar-refractivity contribution in [3.63, 3.8) is 0 Å². The van der Waals surface area contributed by atoms with Gasteiger partial charge in [-0.25, -0.2) is 9.59 Å². The highest BCUT2D eigenvalue weighted by molar-refractivity contribution is 6.01. The van der Waals surface area contributed by atoms with Gasteiger partial charge in [0.2, 0.25) is 0 Å². The molecule has 0 saturated heterocycles. The molecule has 29 heavy (non-hydrogen) atoms. The first-order chi connectivity index (χ1) is 14.1. The van der Waals surface area contributed by atoms with Crippen molar-refractivity contribution in [2.45, 2.75) is 26.7 Å². The third-order valence-corrected chi connectivity index (χ3v) is 4.72. The van der Waals surface area contributed by atoms with E-state index in [1.54, 1.807) is 30.3 Å². The first-order valence-corrected chi connectivity index (χ1v) is 9.41. The molecule has 4 aromatic rings. The van der Waals surface area contributed by atoms with E-state index >= 15 is 0 Å². The molecule has 0 spiro atoms. The molecule has 0 aliphatic rings. The molecular weight excluding hydrogens is 372 g/mol. The SMILES string of the molecule is CCCCOC(=O)c1[nH]c2cc(C(=O)On3nnc4ccccc43)ccc2c1C. The summed E-state index contributed by atoms with van der Waals surface area (Å²) in [6.45, 7) is 4.26. The molecule has 2 aromatic heterocycles. The lowest BCUT2D eigenvalue weighted by molar-refractivity contribution is 0.0408. The normalized spacial score (nSPS) is 11.1. The van der Waals surface area contributed by atoms with Crippen LogP contribution in [0.15, 0.2) is 42.5 Å². The quantitative estimate of drug-likeness (QED) is 0.307. The van der Waals surface area contributed by atoms with E-state index in [1.165, 1.54) is 0 Å². The van der Waals surface area contributed by atoms with Crippen LogP contribution in [0.5, 0.6) is 0 Å². The molecule has 2 aromatic carbocycles. The number of hydrogen-bond donors (Lipinski definition) is 1. The van der Waals surface area contributed by atoms with Crippen LogP contribution in [-0.4, -0.2) is 38.7 Å². The van der Waals surface area contributed by atoms with Crippen molar-refractivity contribution in [3.8, 4) is 0 Å². The standard InChI is InChI=1S/C21H20N4O4/c1-3-4-11-28-21(27)19-13(2)15-10-9-14(12-17(15)22-19)20(26)29-25-18-8-6-5-7-16(18)23-24-25/h5-10,12,22H,3-4,11H2,1-2H3. The van der Waals surface area contributed by atoms with Gasteiger partial charge in [-0.2, -0.15) is 0 Å². The Kier molecular flexibility index (Phi) is 4.99. The van der Waals surface area contributed by atoms with E-state index in [1.807, 2.05) is 26.0 Å². The molecule has 4 rings (SSSR count). The summed E-state index contributed by atoms with van der Waals surface area (Å²) in [5.74, 6) is -0.979. The number of carbonyl (C=O) groups is 2. The lowest BCUT2D eigenvalue weighted by Crippen LogP contribution is -2.21. The fraction of sp³-hybridized carbons (Fsp3) is 0.238. The number of aromatic amines is 1. The molecular formula is C21H20N4O4. The van der Waals surface area contributed by atoms with Gasteiger partial charge in [0, 0.05) is 10.9 Å². The Hall–Kier alpha value is -3.68. The first kappa shape index (κ1) is 18.7. The Balaban J connectivity index is 1.58. The largest absolute Gasteiger partial charge is 0.461 e. The van der Waals surface area contributed by atoms with Gasteiger partial charge >= 0.3 is 11.9 Å². The summed E-state index contributed by atoms with van der Waals surface area (Å²) in [7, 11) is 0. The van der Waals surface area contributed by atoms with Crippen LogP contribution < -0.4 is 4.84 Å². The smallest absolute Gasteiger partial charge is 0.365 e. The van der Waals surface area contributed by atoms with Gasteiger partial charge in [0.15, 0.2) is 0 Å². The molecule has 0 fully saturated rings. The molecule has 0 atom stereocenters. The van der Waals surface area contributed by atoms with Crippen LogP contribution in [0.3, 0.4) is 0 Å². The number of ether oxygens (including phenoxy) is 1. The third-order valence-electron chi connectivity index (χ3n) is 4.72. The van der Waals surface area contributed by atoms with Crippen molar-refractivity contribution in [1.82, 2.24) is 20.1 Å². The van der Waals surface area contributed by atoms with Crippen molar-refractivity contribution in [2.75, 3.05) is 6.61 Å². The lowest BCUT2D eigenvalue weighted by atomic mass is 10.1. The van der Waals surface area contributed by atoms with Gasteiger partial charge in [0.1, 0.15) is 16.7 Å². The summed E-state index contributed by atoms with van der Waals surface area (Å²) in [6, 6.07) is 12.3. The number of unbranched alkanes of at least 4 members (excludes halogenated alkanes) is 1. The van der Waals surface area contributed by atoms with Crippen LogP contribution in [0.25, 0.3) is 21.9 Å². The van der Waals surface area contributed by atoms with E-state index in [0.29, 0.717) is 34.4 Å². The lowest BCUT2D eigenvalue weighted by Gasteiger charge is -2.03. The maximum Gasteiger partial charge on any atom is 0.365 e. The summed E-state index contributed by atoms with van der Waals surface area (Å²) in [5, 5.41) is 8.66. The minimum atomic E-state index is -0.582. The van der Waals surface area contributed by atoms with E-state index in [9.17, 15) is 9.59 Å². The minimum absolute atomic E-state index is 0.323. The van der Waals surface area contributed by atoms with E-state index < -0.39 is 11.9 Å². The fourth-order valence-corrected chi connectivity index (χ4v) is 3.10. The summed E-state index contributed by atoms with van der Waals surface area (Å²) in [4.78, 5) is 34.4. The number of aromatic nitrogens is 4. The van der Waals surface area contributed by atoms with E-state index in [-0.39, 0.29) is 0 Å². The number of para-hydroxylation sites is 1. The predicted octanol–water partition coefficient (Wildman–Crippen LogP) is 3.45. The Morgan fingerprint density at radius 3 is 2.79 bits per heavy atom. The Bertz CT molecular complexity index is 1210. The van der Waals surface area contributed by atoms with Gasteiger partial charge in [0.05, 0.1) is 12.2 Å². The van der Waals surface area contributed by atoms with Crippen LogP contribution in [-0.2, 0) is 4.74 Å². The maximum absolute atomic E-state index is 12.6. The monoisotopic (exact) mass is 392 g/mol. The highest BCUT2D eigenvalue weighted by Gasteiger charge is 2.18. The van der Waals surface area contributed by atoms with Gasteiger partial charge < -0.3 is 14.6 Å². The van der Waals surface area contributed by atoms with Crippen LogP contribution in [0, 0.1) is 6.92 Å². The van der Waals surface area contributed by atoms with Crippen molar-refractivity contribution >= 4 is 33.9 Å². The zero-order chi connectivity index (χ0) is 20.4. The van der Waals surface area contributed by atoms with Crippen molar-refractivity contribution < 1.29 is 19.2 Å². The number of carbonyl (C=O) groups excluding carboxylic acids is 2. The molecule has 2 heterocycles. The molecule has 0 bridgehead atoms. The Morgan fingerprint density at radius 1 is 1.14 bits per heavy atom. The second kappa shape index (κ2) is 7.75. The highest BCUT2D eigenvalue weighted by Crippen LogP contribution is 2.24. The van der Waals surface area contributed by atoms with Crippen LogP contribution in [0.4, 0.5) is 0 Å². The molecule has 1 N–H and O–H groups in total. The molecule has 0 amide bonds. The average Bonchev–Trinajstić information content (AvgIpc) is 3.29. The second-order valence-electron chi connectivity index (χ2n) is 6.70. The first-order valence-electron chi connectivity index (χ1n) is 9.41. The third kappa shape index (κ3) is 3.56. The van der Waals surface area contributed by atoms with Gasteiger partial charge in [-0.1, -0.05) is 36.4 Å². The molecule has 8 heteroatoms. The number of aryl methyl sites for hydroxylation is 1. The van der Waals surface area contributed by atoms with Crippen molar-refractivity contribution in [3.05, 3.63) is 59.3 Å². The topological polar surface area (TPSA) is 99.1 Å². The number of esters is 1. The number of H-pyrrole nitrogens is 1. The number of nitrogens with one attached hydrogen (secondary N) is 1. The molecule has 0 radical (unpaired) electrons. The van der Waals surface area contributed by atoms with Gasteiger partial charge in [-0.15, -0.1) is 5.10 Å². The molecule has 0 saturated carbocycles. The van der Waals surface area contributed by atoms with Gasteiger partial charge in [-0.3, -0.25) is 0 Å². The van der Waals surface area contributed by atoms with Gasteiger partial charge in [0.25, 0.3) is 0 Å². The Labute approximate surface area is 166 Å². The zero-order valence-corrected chi connectivity index (χ0v) is 16.1. The molecule has 0 unspecified atom stereocenters. The zero-order valence-electron chi connectivity index (χ0n) is 16.1. The maximum atomic E-state index is 12.6. The van der Waals surface area contributed by atoms with Gasteiger partial charge in [-0.05, 0) is 48.4 Å². The van der Waals surface area contributed by atoms with E-state index in [2.05, 4.69) is 15.3 Å². The number of fused-ring (bicyclic) bond motifs is 2. The van der Waals surface area contributed by atoms with Crippen molar-refractivity contribution in [2.24, 2.45) is 0 Å². The summed E-state index contributed by atoms with van der Waals surface area (Å²) in [5.41, 5.74) is 3.37. The van der Waals surface area contributed by atoms with Crippen LogP contribution >= 0.6 is 0 Å². The average molecular weight is 392 g/mol. The predicted molar refractivity (Wildman–Crippen MR) is 107 cm³/mol. The summed E-state index contributed by atoms with van der Waals surface area (Å²) in [6.07, 6.45) is 1.77. The number of nitrogens with zero attached hydrogens (tertiary/aromatic N) is 3. The number of benzene rings is 2. The Morgan fingerprint density at radius 2 is 1.97 bits per heavy atom. The van der Waals surface area contributed by atoms with E-state index in [4.69, 9.17) is 9.57 Å². The molecule has 0 aliphatic heterocycles. The highest BCUT2D eigenvalue weighted by atomic mass is 16.7. The molecule has 0 aliphatic carbocycles. The summed E-state index contributed by atoms with van der Waals surface area (Å²) >= 11 is 0. The number of rotatable bonds is 6. The molecule has 148 valence electrons. The summed E-state index contributed by atoms with van der Waals surface area (Å²) < 4.78 is 5.29. The van der Waals surface area contributed by atoms with E-state index in [0.717, 1.165) is 28.6 Å². The van der Waals surface area contributed by atoms with Crippen LogP contribution in [0.2, 0.25) is 0 Å². The van der Waals surface area contributed by atoms with Crippen molar-refractivity contribution in [1.29, 1.82) is 0 Å². The second-order valence-corrected chi connectivity index (χ2v) is 6.70. The molecule has 8 nitrogen and oxygen atoms in total. The number of hydrogen-bond acceptors (Lipinski definition) is 6. The van der Waals surface area contributed by atoms with Crippen LogP contribution in [0.1, 0.15) is 46.2 Å². The minimum Gasteiger partial charge on any atom is -0.461 e.